The molecule has 1 atom stereocenters. The summed E-state index contributed by atoms with van der Waals surface area (Å²) in [6.45, 7) is 6.85. The van der Waals surface area contributed by atoms with Gasteiger partial charge in [0.15, 0.2) is 0 Å². The molecule has 0 fully saturated rings. The number of thiophene rings is 1. The van der Waals surface area contributed by atoms with E-state index in [1.54, 1.807) is 39.8 Å². The minimum atomic E-state index is -0.769. The van der Waals surface area contributed by atoms with Crippen molar-refractivity contribution in [1.82, 2.24) is 9.55 Å². The lowest BCUT2D eigenvalue weighted by molar-refractivity contribution is -0.118. The summed E-state index contributed by atoms with van der Waals surface area (Å²) in [7, 11) is 0. The minimum absolute atomic E-state index is 0.261. The van der Waals surface area contributed by atoms with Crippen molar-refractivity contribution in [1.29, 1.82) is 0 Å². The van der Waals surface area contributed by atoms with Crippen LogP contribution in [0.1, 0.15) is 42.0 Å². The number of amides is 1. The SMILES string of the molecule is Cc1c(C(=O)OC(C)C)sc2ncn(C(C)C(=O)Nc3ccccc3)c(=O)c12. The highest BCUT2D eigenvalue weighted by molar-refractivity contribution is 7.20. The maximum absolute atomic E-state index is 13.0. The fourth-order valence-corrected chi connectivity index (χ4v) is 3.79. The quantitative estimate of drug-likeness (QED) is 0.663. The number of para-hydroxylation sites is 1. The Morgan fingerprint density at radius 1 is 1.18 bits per heavy atom. The summed E-state index contributed by atoms with van der Waals surface area (Å²) < 4.78 is 6.52. The van der Waals surface area contributed by atoms with Gasteiger partial charge in [-0.15, -0.1) is 11.3 Å². The molecule has 146 valence electrons. The van der Waals surface area contributed by atoms with Crippen LogP contribution in [0.4, 0.5) is 5.69 Å². The number of nitrogens with one attached hydrogen (secondary N) is 1. The number of esters is 1. The molecule has 0 saturated carbocycles. The van der Waals surface area contributed by atoms with Crippen molar-refractivity contribution in [2.24, 2.45) is 0 Å². The van der Waals surface area contributed by atoms with Crippen molar-refractivity contribution in [2.45, 2.75) is 39.8 Å². The monoisotopic (exact) mass is 399 g/mol. The lowest BCUT2D eigenvalue weighted by Gasteiger charge is -2.15. The first-order valence-electron chi connectivity index (χ1n) is 8.86. The standard InChI is InChI=1S/C20H21N3O4S/c1-11(2)27-20(26)16-12(3)15-18(28-16)21-10-23(19(15)25)13(4)17(24)22-14-8-6-5-7-9-14/h5-11,13H,1-4H3,(H,22,24). The van der Waals surface area contributed by atoms with Gasteiger partial charge in [-0.05, 0) is 45.4 Å². The Kier molecular flexibility index (Phi) is 5.60. The Labute approximate surface area is 166 Å². The first kappa shape index (κ1) is 19.8. The van der Waals surface area contributed by atoms with Crippen molar-refractivity contribution in [3.05, 3.63) is 57.5 Å². The Bertz CT molecular complexity index is 1090. The largest absolute Gasteiger partial charge is 0.459 e. The smallest absolute Gasteiger partial charge is 0.348 e. The zero-order valence-electron chi connectivity index (χ0n) is 16.1. The van der Waals surface area contributed by atoms with E-state index in [9.17, 15) is 14.4 Å². The highest BCUT2D eigenvalue weighted by Gasteiger charge is 2.24. The fraction of sp³-hybridized carbons (Fsp3) is 0.300. The second kappa shape index (κ2) is 7.93. The molecular weight excluding hydrogens is 378 g/mol. The lowest BCUT2D eigenvalue weighted by atomic mass is 10.2. The van der Waals surface area contributed by atoms with Crippen LogP contribution in [0.25, 0.3) is 10.2 Å². The molecule has 1 amide bonds. The van der Waals surface area contributed by atoms with Gasteiger partial charge in [0.05, 0.1) is 17.8 Å². The molecule has 1 N–H and O–H groups in total. The Morgan fingerprint density at radius 2 is 1.86 bits per heavy atom. The average Bonchev–Trinajstić information content (AvgIpc) is 2.99. The number of hydrogen-bond donors (Lipinski definition) is 1. The van der Waals surface area contributed by atoms with E-state index in [2.05, 4.69) is 10.3 Å². The minimum Gasteiger partial charge on any atom is -0.459 e. The molecule has 1 aromatic carbocycles. The van der Waals surface area contributed by atoms with Crippen LogP contribution < -0.4 is 10.9 Å². The zero-order chi connectivity index (χ0) is 20.4. The normalized spacial score (nSPS) is 12.2. The van der Waals surface area contributed by atoms with Gasteiger partial charge in [-0.3, -0.25) is 14.2 Å². The molecule has 0 radical (unpaired) electrons. The number of anilines is 1. The van der Waals surface area contributed by atoms with Crippen LogP contribution in [0.15, 0.2) is 41.5 Å². The van der Waals surface area contributed by atoms with Crippen LogP contribution in [0.5, 0.6) is 0 Å². The van der Waals surface area contributed by atoms with E-state index in [1.165, 1.54) is 10.9 Å². The molecule has 0 aliphatic carbocycles. The molecule has 8 heteroatoms. The van der Waals surface area contributed by atoms with Gasteiger partial charge >= 0.3 is 5.97 Å². The highest BCUT2D eigenvalue weighted by atomic mass is 32.1. The van der Waals surface area contributed by atoms with Crippen molar-refractivity contribution in [3.63, 3.8) is 0 Å². The Balaban J connectivity index is 1.95. The molecule has 2 heterocycles. The first-order chi connectivity index (χ1) is 13.3. The molecule has 3 aromatic rings. The number of aromatic nitrogens is 2. The van der Waals surface area contributed by atoms with E-state index in [4.69, 9.17) is 4.74 Å². The van der Waals surface area contributed by atoms with Gasteiger partial charge in [0, 0.05) is 5.69 Å². The number of aryl methyl sites for hydroxylation is 1. The van der Waals surface area contributed by atoms with Gasteiger partial charge in [-0.1, -0.05) is 18.2 Å². The second-order valence-electron chi connectivity index (χ2n) is 6.68. The Morgan fingerprint density at radius 3 is 2.50 bits per heavy atom. The predicted molar refractivity (Wildman–Crippen MR) is 109 cm³/mol. The maximum atomic E-state index is 13.0. The molecule has 0 bridgehead atoms. The lowest BCUT2D eigenvalue weighted by Crippen LogP contribution is -2.31. The molecule has 2 aromatic heterocycles. The number of rotatable bonds is 5. The average molecular weight is 399 g/mol. The number of fused-ring (bicyclic) bond motifs is 1. The number of nitrogens with zero attached hydrogens (tertiary/aromatic N) is 2. The summed E-state index contributed by atoms with van der Waals surface area (Å²) in [5.41, 5.74) is 0.804. The van der Waals surface area contributed by atoms with Crippen molar-refractivity contribution < 1.29 is 14.3 Å². The number of hydrogen-bond acceptors (Lipinski definition) is 6. The van der Waals surface area contributed by atoms with Crippen LogP contribution in [0.3, 0.4) is 0 Å². The number of carbonyl (C=O) groups is 2. The summed E-state index contributed by atoms with van der Waals surface area (Å²) in [6, 6.07) is 8.24. The van der Waals surface area contributed by atoms with Crippen molar-refractivity contribution >= 4 is 39.1 Å². The fourth-order valence-electron chi connectivity index (χ4n) is 2.77. The third kappa shape index (κ3) is 3.82. The molecule has 28 heavy (non-hydrogen) atoms. The second-order valence-corrected chi connectivity index (χ2v) is 7.68. The highest BCUT2D eigenvalue weighted by Crippen LogP contribution is 2.28. The molecule has 0 aliphatic heterocycles. The van der Waals surface area contributed by atoms with Crippen molar-refractivity contribution in [2.75, 3.05) is 5.32 Å². The molecule has 0 spiro atoms. The van der Waals surface area contributed by atoms with Gasteiger partial charge in [0.1, 0.15) is 15.7 Å². The topological polar surface area (TPSA) is 90.3 Å². The third-order valence-electron chi connectivity index (χ3n) is 4.24. The summed E-state index contributed by atoms with van der Waals surface area (Å²) in [4.78, 5) is 42.9. The van der Waals surface area contributed by atoms with E-state index in [-0.39, 0.29) is 17.6 Å². The molecule has 7 nitrogen and oxygen atoms in total. The number of benzene rings is 1. The maximum Gasteiger partial charge on any atom is 0.348 e. The van der Waals surface area contributed by atoms with Crippen molar-refractivity contribution in [3.8, 4) is 0 Å². The van der Waals surface area contributed by atoms with Crippen LogP contribution in [0, 0.1) is 6.92 Å². The van der Waals surface area contributed by atoms with Gasteiger partial charge < -0.3 is 10.1 Å². The predicted octanol–water partition coefficient (Wildman–Crippen LogP) is 3.53. The molecule has 1 unspecified atom stereocenters. The third-order valence-corrected chi connectivity index (χ3v) is 5.42. The summed E-state index contributed by atoms with van der Waals surface area (Å²) in [5, 5.41) is 3.11. The Hall–Kier alpha value is -3.00. The molecule has 0 aliphatic rings. The number of ether oxygens (including phenoxy) is 1. The van der Waals surface area contributed by atoms with Gasteiger partial charge in [0.25, 0.3) is 5.56 Å². The van der Waals surface area contributed by atoms with E-state index < -0.39 is 12.0 Å². The summed E-state index contributed by atoms with van der Waals surface area (Å²) in [6.07, 6.45) is 1.08. The van der Waals surface area contributed by atoms with E-state index in [0.717, 1.165) is 11.3 Å². The van der Waals surface area contributed by atoms with Crippen LogP contribution in [-0.4, -0.2) is 27.5 Å². The van der Waals surface area contributed by atoms with Gasteiger partial charge in [-0.2, -0.15) is 0 Å². The summed E-state index contributed by atoms with van der Waals surface area (Å²) in [5.74, 6) is -0.807. The zero-order valence-corrected chi connectivity index (χ0v) is 16.9. The van der Waals surface area contributed by atoms with Crippen LogP contribution in [0.2, 0.25) is 0 Å². The number of carbonyl (C=O) groups excluding carboxylic acids is 2. The van der Waals surface area contributed by atoms with Gasteiger partial charge in [-0.25, -0.2) is 9.78 Å². The molecular formula is C20H21N3O4S. The van der Waals surface area contributed by atoms with Crippen LogP contribution >= 0.6 is 11.3 Å². The van der Waals surface area contributed by atoms with Gasteiger partial charge in [0.2, 0.25) is 5.91 Å². The van der Waals surface area contributed by atoms with E-state index in [0.29, 0.717) is 26.3 Å². The van der Waals surface area contributed by atoms with Crippen LogP contribution in [-0.2, 0) is 9.53 Å². The first-order valence-corrected chi connectivity index (χ1v) is 9.68. The molecule has 0 saturated heterocycles. The van der Waals surface area contributed by atoms with E-state index in [1.807, 2.05) is 18.2 Å². The molecule has 3 rings (SSSR count). The van der Waals surface area contributed by atoms with E-state index >= 15 is 0 Å². The summed E-state index contributed by atoms with van der Waals surface area (Å²) >= 11 is 1.12.